The summed E-state index contributed by atoms with van der Waals surface area (Å²) < 4.78 is 37.4. The number of carbonyl (C=O) groups excluding carboxylic acids is 1. The van der Waals surface area contributed by atoms with E-state index in [1.807, 2.05) is 0 Å². The number of hydrogen-bond donors (Lipinski definition) is 2. The van der Waals surface area contributed by atoms with Crippen LogP contribution < -0.4 is 5.32 Å². The van der Waals surface area contributed by atoms with E-state index in [0.29, 0.717) is 0 Å². The summed E-state index contributed by atoms with van der Waals surface area (Å²) in [6.07, 6.45) is -5.55. The molecule has 1 saturated heterocycles. The van der Waals surface area contributed by atoms with E-state index in [-0.39, 0.29) is 0 Å². The fraction of sp³-hybridized carbons (Fsp3) is 0.714. The van der Waals surface area contributed by atoms with Gasteiger partial charge in [-0.05, 0) is 6.92 Å². The predicted octanol–water partition coefficient (Wildman–Crippen LogP) is 0.528. The van der Waals surface area contributed by atoms with Crippen molar-refractivity contribution in [1.82, 2.24) is 5.32 Å². The van der Waals surface area contributed by atoms with Gasteiger partial charge in [0.25, 0.3) is 0 Å². The van der Waals surface area contributed by atoms with Crippen LogP contribution in [-0.2, 0) is 9.59 Å². The van der Waals surface area contributed by atoms with E-state index in [1.54, 1.807) is 5.32 Å². The lowest BCUT2D eigenvalue weighted by molar-refractivity contribution is -0.223. The van der Waals surface area contributed by atoms with Crippen LogP contribution in [0.15, 0.2) is 0 Å². The van der Waals surface area contributed by atoms with Crippen molar-refractivity contribution >= 4 is 11.9 Å². The number of carboxylic acids is 1. The molecule has 0 aromatic rings. The second-order valence-corrected chi connectivity index (χ2v) is 3.43. The fourth-order valence-corrected chi connectivity index (χ4v) is 1.41. The maximum atomic E-state index is 12.5. The standard InChI is InChI=1S/C7H8F3NO3/c1-6(7(8,9)10)2-3(12)11-4(6)5(13)14/h4H,2H2,1H3,(H,11,12)(H,13,14)/t4-,6+/m1/s1. The Hall–Kier alpha value is -1.27. The molecule has 2 atom stereocenters. The van der Waals surface area contributed by atoms with Gasteiger partial charge >= 0.3 is 12.1 Å². The maximum absolute atomic E-state index is 12.5. The molecular formula is C7H8F3NO3. The number of nitrogens with one attached hydrogen (secondary N) is 1. The van der Waals surface area contributed by atoms with E-state index < -0.39 is 35.9 Å². The third-order valence-corrected chi connectivity index (χ3v) is 2.36. The highest BCUT2D eigenvalue weighted by atomic mass is 19.4. The molecule has 2 N–H and O–H groups in total. The van der Waals surface area contributed by atoms with Crippen molar-refractivity contribution in [3.8, 4) is 0 Å². The molecule has 0 spiro atoms. The highest BCUT2D eigenvalue weighted by molar-refractivity contribution is 5.89. The van der Waals surface area contributed by atoms with E-state index in [2.05, 4.69) is 0 Å². The lowest BCUT2D eigenvalue weighted by atomic mass is 9.82. The van der Waals surface area contributed by atoms with Crippen LogP contribution in [0.1, 0.15) is 13.3 Å². The molecule has 1 aliphatic heterocycles. The van der Waals surface area contributed by atoms with E-state index in [1.165, 1.54) is 0 Å². The van der Waals surface area contributed by atoms with E-state index in [9.17, 15) is 22.8 Å². The smallest absolute Gasteiger partial charge is 0.397 e. The van der Waals surface area contributed by atoms with Gasteiger partial charge in [-0.25, -0.2) is 4.79 Å². The van der Waals surface area contributed by atoms with Gasteiger partial charge in [0, 0.05) is 6.42 Å². The van der Waals surface area contributed by atoms with Crippen molar-refractivity contribution < 1.29 is 27.9 Å². The average Bonchev–Trinajstić information content (AvgIpc) is 2.25. The van der Waals surface area contributed by atoms with Gasteiger partial charge < -0.3 is 10.4 Å². The molecule has 0 aliphatic carbocycles. The fourth-order valence-electron chi connectivity index (χ4n) is 1.41. The Labute approximate surface area is 77.1 Å². The van der Waals surface area contributed by atoms with Crippen molar-refractivity contribution in [2.75, 3.05) is 0 Å². The minimum atomic E-state index is -4.71. The topological polar surface area (TPSA) is 66.4 Å². The van der Waals surface area contributed by atoms with Gasteiger partial charge in [0.1, 0.15) is 11.5 Å². The first-order chi connectivity index (χ1) is 6.18. The molecule has 0 unspecified atom stereocenters. The number of halogens is 3. The normalized spacial score (nSPS) is 32.9. The van der Waals surface area contributed by atoms with Crippen LogP contribution in [0, 0.1) is 5.41 Å². The molecule has 0 bridgehead atoms. The minimum absolute atomic E-state index is 0.726. The van der Waals surface area contributed by atoms with E-state index in [0.717, 1.165) is 6.92 Å². The summed E-state index contributed by atoms with van der Waals surface area (Å²) in [5.41, 5.74) is -2.52. The second kappa shape index (κ2) is 2.86. The molecule has 80 valence electrons. The van der Waals surface area contributed by atoms with Crippen LogP contribution in [-0.4, -0.2) is 29.2 Å². The summed E-state index contributed by atoms with van der Waals surface area (Å²) in [7, 11) is 0. The summed E-state index contributed by atoms with van der Waals surface area (Å²) in [6.45, 7) is 0.726. The highest BCUT2D eigenvalue weighted by Gasteiger charge is 2.63. The number of hydrogen-bond acceptors (Lipinski definition) is 2. The first kappa shape index (κ1) is 10.8. The van der Waals surface area contributed by atoms with Crippen molar-refractivity contribution in [3.63, 3.8) is 0 Å². The van der Waals surface area contributed by atoms with Crippen molar-refractivity contribution in [2.45, 2.75) is 25.6 Å². The Morgan fingerprint density at radius 3 is 2.43 bits per heavy atom. The van der Waals surface area contributed by atoms with Crippen molar-refractivity contribution in [1.29, 1.82) is 0 Å². The molecule has 0 aromatic heterocycles. The van der Waals surface area contributed by atoms with Gasteiger partial charge in [0.15, 0.2) is 0 Å². The molecule has 1 fully saturated rings. The number of rotatable bonds is 1. The number of carboxylic acid groups (broad SMARTS) is 1. The Kier molecular flexibility index (Phi) is 2.21. The highest BCUT2D eigenvalue weighted by Crippen LogP contribution is 2.46. The summed E-state index contributed by atoms with van der Waals surface area (Å²) in [5, 5.41) is 10.3. The molecular weight excluding hydrogens is 203 g/mol. The number of alkyl halides is 3. The monoisotopic (exact) mass is 211 g/mol. The average molecular weight is 211 g/mol. The molecule has 0 saturated carbocycles. The zero-order valence-corrected chi connectivity index (χ0v) is 7.18. The molecule has 1 amide bonds. The van der Waals surface area contributed by atoms with Crippen LogP contribution in [0.25, 0.3) is 0 Å². The van der Waals surface area contributed by atoms with Gasteiger partial charge in [0.05, 0.1) is 0 Å². The lowest BCUT2D eigenvalue weighted by Gasteiger charge is -2.29. The summed E-state index contributed by atoms with van der Waals surface area (Å²) >= 11 is 0. The van der Waals surface area contributed by atoms with Crippen LogP contribution in [0.3, 0.4) is 0 Å². The zero-order chi connectivity index (χ0) is 11.1. The largest absolute Gasteiger partial charge is 0.480 e. The van der Waals surface area contributed by atoms with Crippen molar-refractivity contribution in [3.05, 3.63) is 0 Å². The number of aliphatic carboxylic acids is 1. The third-order valence-electron chi connectivity index (χ3n) is 2.36. The Balaban J connectivity index is 3.07. The Bertz CT molecular complexity index is 288. The SMILES string of the molecule is C[C@]1(C(F)(F)F)CC(=O)N[C@@H]1C(=O)O. The molecule has 0 radical (unpaired) electrons. The van der Waals surface area contributed by atoms with Gasteiger partial charge in [-0.1, -0.05) is 0 Å². The minimum Gasteiger partial charge on any atom is -0.480 e. The van der Waals surface area contributed by atoms with E-state index >= 15 is 0 Å². The number of carbonyl (C=O) groups is 2. The summed E-state index contributed by atoms with van der Waals surface area (Å²) in [5.74, 6) is -2.56. The third kappa shape index (κ3) is 1.42. The molecule has 4 nitrogen and oxygen atoms in total. The van der Waals surface area contributed by atoms with E-state index in [4.69, 9.17) is 5.11 Å². The zero-order valence-electron chi connectivity index (χ0n) is 7.18. The lowest BCUT2D eigenvalue weighted by Crippen LogP contribution is -2.49. The molecule has 0 aromatic carbocycles. The van der Waals surface area contributed by atoms with Gasteiger partial charge in [-0.2, -0.15) is 13.2 Å². The second-order valence-electron chi connectivity index (χ2n) is 3.43. The summed E-state index contributed by atoms with van der Waals surface area (Å²) in [4.78, 5) is 21.2. The van der Waals surface area contributed by atoms with Gasteiger partial charge in [0.2, 0.25) is 5.91 Å². The first-order valence-corrected chi connectivity index (χ1v) is 3.77. The van der Waals surface area contributed by atoms with Crippen LogP contribution >= 0.6 is 0 Å². The quantitative estimate of drug-likeness (QED) is 0.664. The predicted molar refractivity (Wildman–Crippen MR) is 38.3 cm³/mol. The molecule has 1 rings (SSSR count). The van der Waals surface area contributed by atoms with Crippen LogP contribution in [0.2, 0.25) is 0 Å². The first-order valence-electron chi connectivity index (χ1n) is 3.77. The molecule has 7 heteroatoms. The molecule has 14 heavy (non-hydrogen) atoms. The Morgan fingerprint density at radius 1 is 1.64 bits per heavy atom. The summed E-state index contributed by atoms with van der Waals surface area (Å²) in [6, 6.07) is -1.89. The van der Waals surface area contributed by atoms with Crippen LogP contribution in [0.5, 0.6) is 0 Å². The van der Waals surface area contributed by atoms with Gasteiger partial charge in [-0.15, -0.1) is 0 Å². The number of amides is 1. The maximum Gasteiger partial charge on any atom is 0.397 e. The molecule has 1 heterocycles. The Morgan fingerprint density at radius 2 is 2.14 bits per heavy atom. The van der Waals surface area contributed by atoms with Crippen molar-refractivity contribution in [2.24, 2.45) is 5.41 Å². The van der Waals surface area contributed by atoms with Gasteiger partial charge in [-0.3, -0.25) is 4.79 Å². The molecule has 1 aliphatic rings. The van der Waals surface area contributed by atoms with Crippen LogP contribution in [0.4, 0.5) is 13.2 Å².